The van der Waals surface area contributed by atoms with Gasteiger partial charge in [-0.1, -0.05) is 77.2 Å². The van der Waals surface area contributed by atoms with Crippen LogP contribution in [0.3, 0.4) is 0 Å². The number of aliphatic hydroxyl groups is 2. The van der Waals surface area contributed by atoms with Gasteiger partial charge in [-0.05, 0) is 67.8 Å². The van der Waals surface area contributed by atoms with Crippen molar-refractivity contribution in [1.29, 1.82) is 0 Å². The first-order valence-electron chi connectivity index (χ1n) is 13.8. The van der Waals surface area contributed by atoms with Gasteiger partial charge >= 0.3 is 6.16 Å². The summed E-state index contributed by atoms with van der Waals surface area (Å²) in [5.74, 6) is -0.327. The largest absolute Gasteiger partial charge is 0.508 e. The molecular weight excluding hydrogens is 597 g/mol. The normalized spacial score (nSPS) is 22.1. The zero-order valence-electron chi connectivity index (χ0n) is 22.5. The fourth-order valence-corrected chi connectivity index (χ4v) is 5.21. The van der Waals surface area contributed by atoms with Gasteiger partial charge in [-0.25, -0.2) is 4.79 Å². The number of benzene rings is 1. The van der Waals surface area contributed by atoms with E-state index < -0.39 is 24.5 Å². The summed E-state index contributed by atoms with van der Waals surface area (Å²) in [4.78, 5) is 23.9. The fraction of sp³-hybridized carbons (Fsp3) is 0.600. The molecule has 0 bridgehead atoms. The number of aryl methyl sites for hydroxylation is 1. The van der Waals surface area contributed by atoms with Crippen LogP contribution in [0.1, 0.15) is 63.9 Å². The van der Waals surface area contributed by atoms with E-state index in [1.807, 2.05) is 55.5 Å². The average Bonchev–Trinajstić information content (AvgIpc) is 3.20. The van der Waals surface area contributed by atoms with Gasteiger partial charge in [0.25, 0.3) is 0 Å². The van der Waals surface area contributed by atoms with Gasteiger partial charge in [-0.15, -0.1) is 0 Å². The van der Waals surface area contributed by atoms with Gasteiger partial charge in [-0.3, -0.25) is 4.79 Å². The predicted molar refractivity (Wildman–Crippen MR) is 158 cm³/mol. The van der Waals surface area contributed by atoms with Crippen molar-refractivity contribution < 1.29 is 29.3 Å². The summed E-state index contributed by atoms with van der Waals surface area (Å²) in [5, 5.41) is 24.2. The lowest BCUT2D eigenvalue weighted by Gasteiger charge is -2.22. The molecule has 1 fully saturated rings. The van der Waals surface area contributed by atoms with Crippen molar-refractivity contribution in [1.82, 2.24) is 5.32 Å². The topological polar surface area (TPSA) is 105 Å². The number of nitrogens with one attached hydrogen (secondary N) is 1. The maximum atomic E-state index is 12.3. The van der Waals surface area contributed by atoms with Crippen molar-refractivity contribution in [2.45, 2.75) is 83.0 Å². The lowest BCUT2D eigenvalue weighted by molar-refractivity contribution is -0.121. The Morgan fingerprint density at radius 3 is 2.71 bits per heavy atom. The molecule has 38 heavy (non-hydrogen) atoms. The van der Waals surface area contributed by atoms with Gasteiger partial charge in [0.15, 0.2) is 0 Å². The van der Waals surface area contributed by atoms with Gasteiger partial charge in [0.05, 0.1) is 18.8 Å². The van der Waals surface area contributed by atoms with Gasteiger partial charge in [0, 0.05) is 25.3 Å². The summed E-state index contributed by atoms with van der Waals surface area (Å²) in [5.41, 5.74) is 1.16. The Kier molecular flexibility index (Phi) is 16.3. The van der Waals surface area contributed by atoms with Crippen LogP contribution in [0.2, 0.25) is 0 Å². The predicted octanol–water partition coefficient (Wildman–Crippen LogP) is 5.52. The number of amides is 1. The second-order valence-corrected chi connectivity index (χ2v) is 10.8. The molecule has 212 valence electrons. The molecule has 7 nitrogen and oxygen atoms in total. The second-order valence-electron chi connectivity index (χ2n) is 9.72. The molecule has 0 heterocycles. The Hall–Kier alpha value is -1.91. The number of carbonyl (C=O) groups excluding carboxylic acids is 2. The third-order valence-electron chi connectivity index (χ3n) is 6.74. The van der Waals surface area contributed by atoms with Crippen LogP contribution in [0.5, 0.6) is 0 Å². The molecule has 0 spiro atoms. The maximum Gasteiger partial charge on any atom is 0.508 e. The van der Waals surface area contributed by atoms with E-state index in [2.05, 4.69) is 27.9 Å². The van der Waals surface area contributed by atoms with Crippen LogP contribution in [0.4, 0.5) is 4.79 Å². The number of ether oxygens (including phenoxy) is 2. The highest BCUT2D eigenvalue weighted by atomic mass is 127. The summed E-state index contributed by atoms with van der Waals surface area (Å²) < 4.78 is 11.9. The number of aliphatic hydroxyl groups excluding tert-OH is 2. The van der Waals surface area contributed by atoms with Crippen molar-refractivity contribution in [3.8, 4) is 0 Å². The summed E-state index contributed by atoms with van der Waals surface area (Å²) in [7, 11) is 0. The van der Waals surface area contributed by atoms with Crippen molar-refractivity contribution in [3.63, 3.8) is 0 Å². The van der Waals surface area contributed by atoms with Crippen LogP contribution >= 0.6 is 22.6 Å². The van der Waals surface area contributed by atoms with Crippen LogP contribution in [0.25, 0.3) is 0 Å². The van der Waals surface area contributed by atoms with Gasteiger partial charge < -0.3 is 25.0 Å². The average molecular weight is 642 g/mol. The second kappa shape index (κ2) is 19.2. The van der Waals surface area contributed by atoms with Gasteiger partial charge in [0.2, 0.25) is 5.91 Å². The van der Waals surface area contributed by atoms with E-state index in [0.29, 0.717) is 38.8 Å². The van der Waals surface area contributed by atoms with Gasteiger partial charge in [-0.2, -0.15) is 0 Å². The molecule has 1 aromatic rings. The molecule has 0 radical (unpaired) electrons. The van der Waals surface area contributed by atoms with Crippen LogP contribution in [-0.2, 0) is 20.7 Å². The molecule has 0 aliphatic heterocycles. The maximum absolute atomic E-state index is 12.3. The van der Waals surface area contributed by atoms with Gasteiger partial charge in [0.1, 0.15) is 6.10 Å². The minimum atomic E-state index is -0.708. The first-order chi connectivity index (χ1) is 18.4. The number of hydrogen-bond acceptors (Lipinski definition) is 6. The molecule has 8 heteroatoms. The quantitative estimate of drug-likeness (QED) is 0.0681. The molecule has 5 atom stereocenters. The number of rotatable bonds is 17. The summed E-state index contributed by atoms with van der Waals surface area (Å²) in [6.45, 7) is 2.86. The SMILES string of the molecule is CCNC(=O)CCC/C=C\C[C@@H]1[C@@H](/C=C/[C@@H](O)CCc2ccccc2)[C@H](OC(=O)OCCCCI)C[C@H]1O. The molecule has 0 unspecified atom stereocenters. The van der Waals surface area contributed by atoms with E-state index in [0.717, 1.165) is 42.1 Å². The number of alkyl halides is 1. The molecule has 2 rings (SSSR count). The minimum Gasteiger partial charge on any atom is -0.434 e. The Morgan fingerprint density at radius 2 is 1.97 bits per heavy atom. The summed E-state index contributed by atoms with van der Waals surface area (Å²) in [6, 6.07) is 10.0. The van der Waals surface area contributed by atoms with Crippen molar-refractivity contribution >= 4 is 34.7 Å². The molecule has 1 aliphatic carbocycles. The molecule has 3 N–H and O–H groups in total. The fourth-order valence-electron chi connectivity index (χ4n) is 4.67. The monoisotopic (exact) mass is 641 g/mol. The minimum absolute atomic E-state index is 0.0595. The molecule has 1 saturated carbocycles. The molecule has 1 aliphatic rings. The molecule has 1 amide bonds. The van der Waals surface area contributed by atoms with E-state index in [9.17, 15) is 19.8 Å². The van der Waals surface area contributed by atoms with Crippen LogP contribution in [-0.4, -0.2) is 58.2 Å². The standard InChI is InChI=1S/C30H44INO6/c1-2-32-29(35)15-9-4-3-8-14-25-26(19-18-24(33)17-16-23-12-6-5-7-13-23)28(22-27(25)34)38-30(36)37-21-11-10-20-31/h3,5-8,12-13,18-19,24-28,33-34H,2,4,9-11,14-17,20-22H2,1H3,(H,32,35)/b8-3-,19-18+/t24-,25+,26+,27+,28+/m0/s1. The Labute approximate surface area is 241 Å². The van der Waals surface area contributed by atoms with Crippen molar-refractivity contribution in [2.24, 2.45) is 11.8 Å². The zero-order chi connectivity index (χ0) is 27.6. The van der Waals surface area contributed by atoms with E-state index in [1.165, 1.54) is 0 Å². The van der Waals surface area contributed by atoms with E-state index >= 15 is 0 Å². The Balaban J connectivity index is 1.96. The Morgan fingerprint density at radius 1 is 1.18 bits per heavy atom. The summed E-state index contributed by atoms with van der Waals surface area (Å²) in [6.07, 6.45) is 11.3. The van der Waals surface area contributed by atoms with Crippen molar-refractivity contribution in [2.75, 3.05) is 17.6 Å². The van der Waals surface area contributed by atoms with Crippen LogP contribution in [0, 0.1) is 11.8 Å². The highest BCUT2D eigenvalue weighted by Crippen LogP contribution is 2.38. The highest BCUT2D eigenvalue weighted by Gasteiger charge is 2.43. The first-order valence-corrected chi connectivity index (χ1v) is 15.4. The Bertz CT molecular complexity index is 862. The highest BCUT2D eigenvalue weighted by molar-refractivity contribution is 14.1. The smallest absolute Gasteiger partial charge is 0.434 e. The van der Waals surface area contributed by atoms with E-state index in [-0.39, 0.29) is 17.7 Å². The molecule has 0 saturated heterocycles. The first kappa shape index (κ1) is 32.3. The molecule has 1 aromatic carbocycles. The number of carbonyl (C=O) groups is 2. The van der Waals surface area contributed by atoms with E-state index in [1.54, 1.807) is 6.08 Å². The van der Waals surface area contributed by atoms with Crippen molar-refractivity contribution in [3.05, 3.63) is 60.2 Å². The third kappa shape index (κ3) is 12.8. The number of allylic oxidation sites excluding steroid dienone is 2. The molecular formula is C30H44INO6. The van der Waals surface area contributed by atoms with Crippen LogP contribution in [0.15, 0.2) is 54.6 Å². The zero-order valence-corrected chi connectivity index (χ0v) is 24.6. The number of unbranched alkanes of at least 4 members (excludes halogenated alkanes) is 2. The third-order valence-corrected chi connectivity index (χ3v) is 7.50. The lowest BCUT2D eigenvalue weighted by Crippen LogP contribution is -2.25. The number of halogens is 1. The molecule has 0 aromatic heterocycles. The van der Waals surface area contributed by atoms with Crippen LogP contribution < -0.4 is 5.32 Å². The summed E-state index contributed by atoms with van der Waals surface area (Å²) >= 11 is 2.29. The number of hydrogen-bond donors (Lipinski definition) is 3. The lowest BCUT2D eigenvalue weighted by atomic mass is 9.89. The van der Waals surface area contributed by atoms with E-state index in [4.69, 9.17) is 9.47 Å².